The molecule has 3 N–H and O–H groups in total. The van der Waals surface area contributed by atoms with Crippen molar-refractivity contribution in [1.82, 2.24) is 20.4 Å². The molecular formula is C40H43N5O5S. The molecule has 2 heterocycles. The summed E-state index contributed by atoms with van der Waals surface area (Å²) in [6, 6.07) is 34.6. The third-order valence-corrected chi connectivity index (χ3v) is 9.67. The van der Waals surface area contributed by atoms with Gasteiger partial charge in [0.2, 0.25) is 5.91 Å². The lowest BCUT2D eigenvalue weighted by atomic mass is 10.0. The minimum Gasteiger partial charge on any atom is -0.494 e. The first-order valence-electron chi connectivity index (χ1n) is 17.1. The smallest absolute Gasteiger partial charge is 0.287 e. The molecular weight excluding hydrogens is 663 g/mol. The number of benzene rings is 4. The van der Waals surface area contributed by atoms with Gasteiger partial charge >= 0.3 is 0 Å². The summed E-state index contributed by atoms with van der Waals surface area (Å²) in [6.45, 7) is 3.99. The number of carbonyl (C=O) groups is 2. The highest BCUT2D eigenvalue weighted by Gasteiger charge is 2.29. The molecule has 1 aliphatic rings. The fourth-order valence-corrected chi connectivity index (χ4v) is 6.65. The first kappa shape index (κ1) is 35.6. The number of carbonyl (C=O) groups excluding carboxylic acids is 2. The zero-order valence-electron chi connectivity index (χ0n) is 28.8. The topological polar surface area (TPSA) is 116 Å². The van der Waals surface area contributed by atoms with Crippen LogP contribution in [0.3, 0.4) is 0 Å². The number of ether oxygens (including phenoxy) is 1. The highest BCUT2D eigenvalue weighted by Crippen LogP contribution is 2.28. The molecule has 2 unspecified atom stereocenters. The molecule has 2 amide bonds. The van der Waals surface area contributed by atoms with E-state index in [1.54, 1.807) is 17.0 Å². The number of nitrogens with zero attached hydrogens (tertiary/aromatic N) is 2. The fourth-order valence-electron chi connectivity index (χ4n) is 5.80. The normalized spacial score (nSPS) is 14.1. The quantitative estimate of drug-likeness (QED) is 0.122. The van der Waals surface area contributed by atoms with Crippen LogP contribution in [0.15, 0.2) is 125 Å². The Kier molecular flexibility index (Phi) is 12.0. The molecule has 0 saturated carbocycles. The number of hydrogen-bond acceptors (Lipinski definition) is 7. The zero-order valence-corrected chi connectivity index (χ0v) is 29.7. The van der Waals surface area contributed by atoms with Crippen LogP contribution in [0.5, 0.6) is 5.75 Å². The predicted octanol–water partition coefficient (Wildman–Crippen LogP) is 5.98. The van der Waals surface area contributed by atoms with Crippen molar-refractivity contribution in [3.63, 3.8) is 0 Å². The highest BCUT2D eigenvalue weighted by atomic mass is 32.2. The van der Waals surface area contributed by atoms with Crippen molar-refractivity contribution in [2.75, 3.05) is 58.1 Å². The molecule has 11 heteroatoms. The summed E-state index contributed by atoms with van der Waals surface area (Å²) < 4.78 is 28.1. The van der Waals surface area contributed by atoms with Gasteiger partial charge in [0.05, 0.1) is 11.5 Å². The standard InChI is InChI=1S/C40H43N5O5S/c1-44(2)24-7-27-49-34-16-12-31(13-17-34)38(40(47)45-25-22-41-23-26-45)42-39(46)37-21-20-36(50-37)32-10-6-11-33(28-32)43-51(48)35-18-14-30(15-19-35)29-8-4-3-5-9-29/h3-6,8-21,28,38,41,43H,7,22-27H2,1-2H3,(H,42,46). The van der Waals surface area contributed by atoms with Gasteiger partial charge in [-0.2, -0.15) is 0 Å². The van der Waals surface area contributed by atoms with E-state index in [1.807, 2.05) is 117 Å². The van der Waals surface area contributed by atoms with Gasteiger partial charge < -0.3 is 34.3 Å². The maximum Gasteiger partial charge on any atom is 0.287 e. The van der Waals surface area contributed by atoms with Crippen LogP contribution in [0.4, 0.5) is 5.69 Å². The van der Waals surface area contributed by atoms with E-state index in [4.69, 9.17) is 9.15 Å². The van der Waals surface area contributed by atoms with Crippen LogP contribution in [0.2, 0.25) is 0 Å². The van der Waals surface area contributed by atoms with Gasteiger partial charge in [-0.3, -0.25) is 9.59 Å². The summed E-state index contributed by atoms with van der Waals surface area (Å²) in [5.41, 5.74) is 4.12. The molecule has 51 heavy (non-hydrogen) atoms. The van der Waals surface area contributed by atoms with Crippen molar-refractivity contribution in [3.05, 3.63) is 127 Å². The second-order valence-corrected chi connectivity index (χ2v) is 13.8. The van der Waals surface area contributed by atoms with Crippen molar-refractivity contribution in [2.24, 2.45) is 0 Å². The van der Waals surface area contributed by atoms with Crippen LogP contribution in [0.25, 0.3) is 22.5 Å². The molecule has 1 aromatic heterocycles. The van der Waals surface area contributed by atoms with E-state index in [1.165, 1.54) is 0 Å². The summed E-state index contributed by atoms with van der Waals surface area (Å²) in [6.07, 6.45) is 0.893. The van der Waals surface area contributed by atoms with Crippen molar-refractivity contribution < 1.29 is 23.0 Å². The second kappa shape index (κ2) is 17.1. The average molecular weight is 706 g/mol. The Morgan fingerprint density at radius 1 is 0.863 bits per heavy atom. The molecule has 10 nitrogen and oxygen atoms in total. The zero-order chi connectivity index (χ0) is 35.6. The molecule has 2 atom stereocenters. The average Bonchev–Trinajstić information content (AvgIpc) is 3.67. The van der Waals surface area contributed by atoms with Crippen LogP contribution < -0.4 is 20.1 Å². The molecule has 1 aliphatic heterocycles. The Morgan fingerprint density at radius 3 is 2.29 bits per heavy atom. The SMILES string of the molecule is CN(C)CCCOc1ccc(C(NC(=O)c2ccc(-c3cccc(NS(=O)c4ccc(-c5ccccc5)cc4)c3)o2)C(=O)N2CCNCC2)cc1. The maximum atomic E-state index is 13.7. The minimum atomic E-state index is -1.50. The molecule has 264 valence electrons. The summed E-state index contributed by atoms with van der Waals surface area (Å²) in [7, 11) is 2.55. The molecule has 6 rings (SSSR count). The minimum absolute atomic E-state index is 0.0735. The molecule has 0 aliphatic carbocycles. The number of nitrogens with one attached hydrogen (secondary N) is 3. The lowest BCUT2D eigenvalue weighted by molar-refractivity contribution is -0.134. The molecule has 0 spiro atoms. The van der Waals surface area contributed by atoms with Crippen LogP contribution in [0, 0.1) is 0 Å². The molecule has 5 aromatic rings. The van der Waals surface area contributed by atoms with Crippen molar-refractivity contribution in [1.29, 1.82) is 0 Å². The Balaban J connectivity index is 1.12. The highest BCUT2D eigenvalue weighted by molar-refractivity contribution is 7.86. The maximum absolute atomic E-state index is 13.7. The number of anilines is 1. The molecule has 1 fully saturated rings. The summed E-state index contributed by atoms with van der Waals surface area (Å²) >= 11 is 0. The monoisotopic (exact) mass is 705 g/mol. The largest absolute Gasteiger partial charge is 0.494 e. The van der Waals surface area contributed by atoms with Gasteiger partial charge in [-0.25, -0.2) is 4.21 Å². The van der Waals surface area contributed by atoms with Crippen molar-refractivity contribution in [2.45, 2.75) is 17.4 Å². The van der Waals surface area contributed by atoms with Crippen LogP contribution in [-0.2, 0) is 15.8 Å². The first-order valence-corrected chi connectivity index (χ1v) is 18.2. The van der Waals surface area contributed by atoms with E-state index in [0.717, 1.165) is 24.1 Å². The molecule has 4 aromatic carbocycles. The van der Waals surface area contributed by atoms with E-state index < -0.39 is 22.9 Å². The van der Waals surface area contributed by atoms with Gasteiger partial charge in [-0.15, -0.1) is 0 Å². The van der Waals surface area contributed by atoms with Crippen LogP contribution in [0.1, 0.15) is 28.6 Å². The molecule has 1 saturated heterocycles. The van der Waals surface area contributed by atoms with Gasteiger partial charge in [-0.1, -0.05) is 66.7 Å². The Bertz CT molecular complexity index is 1920. The van der Waals surface area contributed by atoms with Gasteiger partial charge in [-0.05, 0) is 85.7 Å². The second-order valence-electron chi connectivity index (χ2n) is 12.6. The number of rotatable bonds is 14. The van der Waals surface area contributed by atoms with Crippen LogP contribution in [-0.4, -0.2) is 79.2 Å². The van der Waals surface area contributed by atoms with Crippen LogP contribution >= 0.6 is 0 Å². The lowest BCUT2D eigenvalue weighted by Crippen LogP contribution is -2.50. The number of hydrogen-bond donors (Lipinski definition) is 3. The summed E-state index contributed by atoms with van der Waals surface area (Å²) in [5.74, 6) is 0.548. The first-order chi connectivity index (χ1) is 24.8. The predicted molar refractivity (Wildman–Crippen MR) is 201 cm³/mol. The van der Waals surface area contributed by atoms with E-state index in [9.17, 15) is 13.8 Å². The van der Waals surface area contributed by atoms with E-state index >= 15 is 0 Å². The van der Waals surface area contributed by atoms with Gasteiger partial charge in [0, 0.05) is 44.0 Å². The van der Waals surface area contributed by atoms with Gasteiger partial charge in [0.25, 0.3) is 5.91 Å². The summed E-state index contributed by atoms with van der Waals surface area (Å²) in [5, 5.41) is 6.19. The number of amides is 2. The Labute approximate surface area is 301 Å². The van der Waals surface area contributed by atoms with Crippen molar-refractivity contribution >= 4 is 28.5 Å². The Morgan fingerprint density at radius 2 is 1.57 bits per heavy atom. The third-order valence-electron chi connectivity index (χ3n) is 8.55. The third kappa shape index (κ3) is 9.52. The Hall–Kier alpha value is -5.23. The number of furan rings is 1. The lowest BCUT2D eigenvalue weighted by Gasteiger charge is -2.31. The fraction of sp³-hybridized carbons (Fsp3) is 0.250. The van der Waals surface area contributed by atoms with Gasteiger partial charge in [0.1, 0.15) is 28.5 Å². The molecule has 0 bridgehead atoms. The number of piperazine rings is 1. The van der Waals surface area contributed by atoms with E-state index in [-0.39, 0.29) is 11.7 Å². The van der Waals surface area contributed by atoms with E-state index in [2.05, 4.69) is 20.3 Å². The van der Waals surface area contributed by atoms with Gasteiger partial charge in [0.15, 0.2) is 5.76 Å². The molecule has 0 radical (unpaired) electrons. The van der Waals surface area contributed by atoms with Crippen molar-refractivity contribution in [3.8, 4) is 28.2 Å². The van der Waals surface area contributed by atoms with E-state index in [0.29, 0.717) is 66.0 Å². The summed E-state index contributed by atoms with van der Waals surface area (Å²) in [4.78, 5) is 31.8.